The normalized spacial score (nSPS) is 24.0. The van der Waals surface area contributed by atoms with Gasteiger partial charge in [-0.05, 0) is 42.2 Å². The lowest BCUT2D eigenvalue weighted by Gasteiger charge is -2.36. The Morgan fingerprint density at radius 3 is 2.88 bits per heavy atom. The highest BCUT2D eigenvalue weighted by Gasteiger charge is 2.56. The van der Waals surface area contributed by atoms with E-state index in [-0.39, 0.29) is 11.7 Å². The molecule has 0 saturated heterocycles. The van der Waals surface area contributed by atoms with Gasteiger partial charge in [-0.1, -0.05) is 18.2 Å². The summed E-state index contributed by atoms with van der Waals surface area (Å²) in [5, 5.41) is 2.65. The number of methoxy groups -OCH3 is 1. The second-order valence-electron chi connectivity index (χ2n) is 6.31. The number of fused-ring (bicyclic) bond motifs is 2. The summed E-state index contributed by atoms with van der Waals surface area (Å²) in [4.78, 5) is 34.2. The quantitative estimate of drug-likeness (QED) is 0.659. The number of pyridine rings is 1. The van der Waals surface area contributed by atoms with Crippen LogP contribution < -0.4 is 5.32 Å². The average Bonchev–Trinajstić information content (AvgIpc) is 3.01. The Bertz CT molecular complexity index is 929. The van der Waals surface area contributed by atoms with Crippen molar-refractivity contribution < 1.29 is 18.7 Å². The molecular weight excluding hydrogens is 337 g/mol. The van der Waals surface area contributed by atoms with Crippen LogP contribution in [0.25, 0.3) is 0 Å². The highest BCUT2D eigenvalue weighted by atomic mass is 19.1. The van der Waals surface area contributed by atoms with Gasteiger partial charge >= 0.3 is 5.97 Å². The van der Waals surface area contributed by atoms with Crippen molar-refractivity contribution in [1.82, 2.24) is 10.3 Å². The first-order chi connectivity index (χ1) is 12.6. The Kier molecular flexibility index (Phi) is 3.79. The first-order valence-electron chi connectivity index (χ1n) is 8.24. The van der Waals surface area contributed by atoms with E-state index >= 15 is 0 Å². The van der Waals surface area contributed by atoms with Crippen molar-refractivity contribution in [1.29, 1.82) is 0 Å². The smallest absolute Gasteiger partial charge is 0.321 e. The van der Waals surface area contributed by atoms with Crippen molar-refractivity contribution in [2.75, 3.05) is 7.11 Å². The summed E-state index contributed by atoms with van der Waals surface area (Å²) in [6.07, 6.45) is 2.32. The van der Waals surface area contributed by atoms with Crippen LogP contribution in [0.15, 0.2) is 47.6 Å². The van der Waals surface area contributed by atoms with Crippen LogP contribution in [0, 0.1) is 11.7 Å². The summed E-state index contributed by atoms with van der Waals surface area (Å²) in [5.41, 5.74) is 0.324. The fourth-order valence-corrected chi connectivity index (χ4v) is 3.83. The van der Waals surface area contributed by atoms with E-state index in [2.05, 4.69) is 10.3 Å². The lowest BCUT2D eigenvalue weighted by Crippen LogP contribution is -2.54. The number of aliphatic imine (C=N–C) groups is 1. The summed E-state index contributed by atoms with van der Waals surface area (Å²) in [6.45, 7) is 0. The van der Waals surface area contributed by atoms with Gasteiger partial charge in [-0.15, -0.1) is 0 Å². The molecular formula is C19H16FN3O3. The Morgan fingerprint density at radius 2 is 2.15 bits per heavy atom. The number of nitrogens with one attached hydrogen (secondary N) is 1. The van der Waals surface area contributed by atoms with Crippen LogP contribution >= 0.6 is 0 Å². The van der Waals surface area contributed by atoms with Crippen molar-refractivity contribution in [2.24, 2.45) is 10.9 Å². The molecule has 132 valence electrons. The molecule has 2 atom stereocenters. The van der Waals surface area contributed by atoms with Crippen LogP contribution in [0.2, 0.25) is 0 Å². The molecule has 0 bridgehead atoms. The molecule has 0 fully saturated rings. The van der Waals surface area contributed by atoms with E-state index in [9.17, 15) is 14.0 Å². The Morgan fingerprint density at radius 1 is 1.31 bits per heavy atom. The molecule has 1 aliphatic heterocycles. The average molecular weight is 353 g/mol. The molecule has 2 heterocycles. The number of nitrogens with zero attached hydrogens (tertiary/aromatic N) is 2. The maximum Gasteiger partial charge on any atom is 0.321 e. The molecule has 0 saturated carbocycles. The SMILES string of the molecule is COC(=O)C1C(=O)NC(c2ccccn2)=NC12CCc1c(F)cccc12. The number of rotatable bonds is 2. The lowest BCUT2D eigenvalue weighted by atomic mass is 9.77. The highest BCUT2D eigenvalue weighted by Crippen LogP contribution is 2.48. The molecule has 1 N–H and O–H groups in total. The topological polar surface area (TPSA) is 80.7 Å². The fraction of sp³-hybridized carbons (Fsp3) is 0.263. The molecule has 1 amide bonds. The predicted octanol–water partition coefficient (Wildman–Crippen LogP) is 1.73. The summed E-state index contributed by atoms with van der Waals surface area (Å²) in [6, 6.07) is 9.90. The van der Waals surface area contributed by atoms with E-state index in [0.29, 0.717) is 29.7 Å². The molecule has 0 radical (unpaired) electrons. The number of ether oxygens (including phenoxy) is 1. The minimum absolute atomic E-state index is 0.271. The molecule has 2 aliphatic rings. The van der Waals surface area contributed by atoms with Gasteiger partial charge < -0.3 is 10.1 Å². The van der Waals surface area contributed by atoms with E-state index in [1.54, 1.807) is 36.5 Å². The van der Waals surface area contributed by atoms with Gasteiger partial charge in [0, 0.05) is 6.20 Å². The van der Waals surface area contributed by atoms with E-state index in [0.717, 1.165) is 0 Å². The first kappa shape index (κ1) is 16.4. The Labute approximate surface area is 149 Å². The van der Waals surface area contributed by atoms with E-state index in [4.69, 9.17) is 9.73 Å². The van der Waals surface area contributed by atoms with E-state index in [1.165, 1.54) is 13.2 Å². The second kappa shape index (κ2) is 6.01. The number of aromatic nitrogens is 1. The number of amides is 1. The van der Waals surface area contributed by atoms with Crippen LogP contribution in [-0.4, -0.2) is 29.8 Å². The fourth-order valence-electron chi connectivity index (χ4n) is 3.83. The Balaban J connectivity index is 1.95. The minimum atomic E-state index is -1.19. The van der Waals surface area contributed by atoms with Gasteiger partial charge in [0.2, 0.25) is 5.91 Å². The van der Waals surface area contributed by atoms with Gasteiger partial charge in [-0.2, -0.15) is 0 Å². The van der Waals surface area contributed by atoms with Gasteiger partial charge in [-0.3, -0.25) is 19.6 Å². The third-order valence-electron chi connectivity index (χ3n) is 4.98. The van der Waals surface area contributed by atoms with Gasteiger partial charge in [0.15, 0.2) is 11.8 Å². The number of halogens is 1. The molecule has 1 aromatic carbocycles. The molecule has 1 aromatic heterocycles. The molecule has 26 heavy (non-hydrogen) atoms. The van der Waals surface area contributed by atoms with Gasteiger partial charge in [-0.25, -0.2) is 4.39 Å². The number of benzene rings is 1. The first-order valence-corrected chi connectivity index (χ1v) is 8.24. The summed E-state index contributed by atoms with van der Waals surface area (Å²) in [5.74, 6) is -2.48. The standard InChI is InChI=1S/C19H16FN3O3/c1-26-18(25)15-17(24)22-16(14-7-2-3-10-21-14)23-19(15)9-8-11-12(19)5-4-6-13(11)20/h2-7,10,15H,8-9H2,1H3,(H,22,23,24). The van der Waals surface area contributed by atoms with Crippen molar-refractivity contribution in [2.45, 2.75) is 18.4 Å². The highest BCUT2D eigenvalue weighted by molar-refractivity contribution is 6.14. The van der Waals surface area contributed by atoms with Crippen molar-refractivity contribution in [3.8, 4) is 0 Å². The largest absolute Gasteiger partial charge is 0.468 e. The van der Waals surface area contributed by atoms with Crippen LogP contribution in [-0.2, 0) is 26.3 Å². The summed E-state index contributed by atoms with van der Waals surface area (Å²) < 4.78 is 19.1. The molecule has 2 unspecified atom stereocenters. The maximum atomic E-state index is 14.3. The zero-order valence-electron chi connectivity index (χ0n) is 14.0. The number of carbonyl (C=O) groups excluding carboxylic acids is 2. The number of esters is 1. The molecule has 1 aliphatic carbocycles. The monoisotopic (exact) mass is 353 g/mol. The third kappa shape index (κ3) is 2.31. The lowest BCUT2D eigenvalue weighted by molar-refractivity contribution is -0.153. The summed E-state index contributed by atoms with van der Waals surface area (Å²) >= 11 is 0. The Hall–Kier alpha value is -3.09. The number of amidine groups is 1. The molecule has 1 spiro atoms. The zero-order chi connectivity index (χ0) is 18.3. The minimum Gasteiger partial charge on any atom is -0.468 e. The predicted molar refractivity (Wildman–Crippen MR) is 90.8 cm³/mol. The summed E-state index contributed by atoms with van der Waals surface area (Å²) in [7, 11) is 1.22. The van der Waals surface area contributed by atoms with Gasteiger partial charge in [0.1, 0.15) is 17.1 Å². The third-order valence-corrected chi connectivity index (χ3v) is 4.98. The van der Waals surface area contributed by atoms with Gasteiger partial charge in [0.05, 0.1) is 7.11 Å². The maximum absolute atomic E-state index is 14.3. The van der Waals surface area contributed by atoms with Crippen LogP contribution in [0.3, 0.4) is 0 Å². The molecule has 6 nitrogen and oxygen atoms in total. The van der Waals surface area contributed by atoms with Crippen molar-refractivity contribution in [3.05, 3.63) is 65.2 Å². The molecule has 4 rings (SSSR count). The van der Waals surface area contributed by atoms with Crippen LogP contribution in [0.1, 0.15) is 23.2 Å². The number of hydrogen-bond acceptors (Lipinski definition) is 5. The zero-order valence-corrected chi connectivity index (χ0v) is 14.0. The number of carbonyl (C=O) groups is 2. The van der Waals surface area contributed by atoms with Gasteiger partial charge in [0.25, 0.3) is 0 Å². The van der Waals surface area contributed by atoms with Crippen molar-refractivity contribution >= 4 is 17.7 Å². The van der Waals surface area contributed by atoms with Crippen LogP contribution in [0.5, 0.6) is 0 Å². The second-order valence-corrected chi connectivity index (χ2v) is 6.31. The number of hydrogen-bond donors (Lipinski definition) is 1. The van der Waals surface area contributed by atoms with Crippen molar-refractivity contribution in [3.63, 3.8) is 0 Å². The van der Waals surface area contributed by atoms with E-state index < -0.39 is 23.3 Å². The van der Waals surface area contributed by atoms with E-state index in [1.807, 2.05) is 0 Å². The van der Waals surface area contributed by atoms with Crippen LogP contribution in [0.4, 0.5) is 4.39 Å². The molecule has 2 aromatic rings. The molecule has 7 heteroatoms.